The van der Waals surface area contributed by atoms with Crippen LogP contribution in [0.1, 0.15) is 0 Å². The van der Waals surface area contributed by atoms with Crippen LogP contribution in [-0.2, 0) is 14.3 Å². The summed E-state index contributed by atoms with van der Waals surface area (Å²) in [5, 5.41) is 7.61. The van der Waals surface area contributed by atoms with Crippen LogP contribution in [0.2, 0.25) is 0 Å². The summed E-state index contributed by atoms with van der Waals surface area (Å²) in [5.74, 6) is -2.14. The highest BCUT2D eigenvalue weighted by atomic mass is 35.5. The number of carboxylic acids is 1. The summed E-state index contributed by atoms with van der Waals surface area (Å²) in [5.41, 5.74) is 0. The fourth-order valence-electron chi connectivity index (χ4n) is 0.265. The molecule has 0 aromatic carbocycles. The van der Waals surface area contributed by atoms with Crippen LogP contribution in [0.3, 0.4) is 0 Å². The van der Waals surface area contributed by atoms with Gasteiger partial charge in [0.1, 0.15) is 5.03 Å². The van der Waals surface area contributed by atoms with Crippen LogP contribution in [-0.4, -0.2) is 24.2 Å². The number of ether oxygens (including phenoxy) is 1. The van der Waals surface area contributed by atoms with Gasteiger partial charge in [-0.3, -0.25) is 0 Å². The molecule has 0 bridgehead atoms. The minimum atomic E-state index is -1.28. The molecule has 0 saturated heterocycles. The van der Waals surface area contributed by atoms with E-state index < -0.39 is 17.0 Å². The number of esters is 1. The lowest BCUT2D eigenvalue weighted by Crippen LogP contribution is -2.02. The highest BCUT2D eigenvalue weighted by molar-refractivity contribution is 6.42. The number of carboxylic acid groups (broad SMARTS) is 1. The normalized spacial score (nSPS) is 10.8. The van der Waals surface area contributed by atoms with Crippen LogP contribution in [0.5, 0.6) is 0 Å². The third kappa shape index (κ3) is 3.09. The van der Waals surface area contributed by atoms with Crippen LogP contribution in [0, 0.1) is 0 Å². The minimum absolute atomic E-state index is 0.449. The van der Waals surface area contributed by atoms with Crippen LogP contribution >= 0.6 is 11.6 Å². The molecule has 56 valence electrons. The van der Waals surface area contributed by atoms with Crippen molar-refractivity contribution in [2.45, 2.75) is 0 Å². The van der Waals surface area contributed by atoms with Crippen molar-refractivity contribution in [2.24, 2.45) is 0 Å². The van der Waals surface area contributed by atoms with Crippen molar-refractivity contribution in [2.75, 3.05) is 7.11 Å². The van der Waals surface area contributed by atoms with E-state index in [9.17, 15) is 9.59 Å². The maximum Gasteiger partial charge on any atom is 0.349 e. The predicted molar refractivity (Wildman–Crippen MR) is 33.6 cm³/mol. The predicted octanol–water partition coefficient (Wildman–Crippen LogP) is 0.367. The molecule has 0 aromatic rings. The Morgan fingerprint density at radius 2 is 2.10 bits per heavy atom. The molecule has 0 aliphatic carbocycles. The van der Waals surface area contributed by atoms with E-state index >= 15 is 0 Å². The van der Waals surface area contributed by atoms with Crippen LogP contribution in [0.25, 0.3) is 0 Å². The molecule has 0 atom stereocenters. The molecule has 0 aliphatic rings. The summed E-state index contributed by atoms with van der Waals surface area (Å²) in [4.78, 5) is 20.2. The number of aliphatic carboxylic acids is 1. The first-order valence-electron chi connectivity index (χ1n) is 2.26. The number of carbonyl (C=O) groups is 2. The molecule has 4 nitrogen and oxygen atoms in total. The second kappa shape index (κ2) is 3.90. The molecule has 0 rings (SSSR count). The summed E-state index contributed by atoms with van der Waals surface area (Å²) in [6.45, 7) is 0. The van der Waals surface area contributed by atoms with Gasteiger partial charge in [-0.05, 0) is 0 Å². The molecular formula is C5H5ClO4. The Balaban J connectivity index is 4.19. The van der Waals surface area contributed by atoms with Crippen molar-refractivity contribution in [1.82, 2.24) is 0 Å². The summed E-state index contributed by atoms with van der Waals surface area (Å²) < 4.78 is 4.11. The monoisotopic (exact) mass is 164 g/mol. The first-order chi connectivity index (χ1) is 4.57. The van der Waals surface area contributed by atoms with Crippen molar-refractivity contribution in [3.8, 4) is 0 Å². The Kier molecular flexibility index (Phi) is 3.49. The number of carbonyl (C=O) groups excluding carboxylic acids is 1. The molecule has 1 N–H and O–H groups in total. The molecule has 0 unspecified atom stereocenters. The van der Waals surface area contributed by atoms with E-state index in [0.29, 0.717) is 6.08 Å². The summed E-state index contributed by atoms with van der Waals surface area (Å²) in [6, 6.07) is 0. The lowest BCUT2D eigenvalue weighted by molar-refractivity contribution is -0.136. The van der Waals surface area contributed by atoms with E-state index in [1.807, 2.05) is 0 Å². The minimum Gasteiger partial charge on any atom is -0.478 e. The van der Waals surface area contributed by atoms with E-state index in [-0.39, 0.29) is 0 Å². The zero-order chi connectivity index (χ0) is 8.15. The van der Waals surface area contributed by atoms with Gasteiger partial charge in [0.2, 0.25) is 0 Å². The van der Waals surface area contributed by atoms with E-state index in [1.165, 1.54) is 0 Å². The lowest BCUT2D eigenvalue weighted by Gasteiger charge is -1.92. The highest BCUT2D eigenvalue weighted by Gasteiger charge is 2.06. The van der Waals surface area contributed by atoms with Gasteiger partial charge in [0.15, 0.2) is 0 Å². The van der Waals surface area contributed by atoms with E-state index in [2.05, 4.69) is 4.74 Å². The number of rotatable bonds is 2. The van der Waals surface area contributed by atoms with Gasteiger partial charge in [-0.25, -0.2) is 9.59 Å². The summed E-state index contributed by atoms with van der Waals surface area (Å²) in [7, 11) is 1.11. The fourth-order valence-corrected chi connectivity index (χ4v) is 0.435. The highest BCUT2D eigenvalue weighted by Crippen LogP contribution is 2.01. The standard InChI is InChI=1S/C5H5ClO4/c1-10-5(9)3(6)2-4(7)8/h2H,1H3,(H,7,8)/b3-2+. The Bertz CT molecular complexity index is 184. The van der Waals surface area contributed by atoms with Gasteiger partial charge in [0.25, 0.3) is 0 Å². The Morgan fingerprint density at radius 1 is 1.60 bits per heavy atom. The van der Waals surface area contributed by atoms with Gasteiger partial charge in [0.05, 0.1) is 7.11 Å². The zero-order valence-electron chi connectivity index (χ0n) is 5.13. The molecule has 0 amide bonds. The average Bonchev–Trinajstić information content (AvgIpc) is 1.85. The van der Waals surface area contributed by atoms with Crippen molar-refractivity contribution in [3.63, 3.8) is 0 Å². The van der Waals surface area contributed by atoms with E-state index in [4.69, 9.17) is 16.7 Å². The van der Waals surface area contributed by atoms with Gasteiger partial charge in [0, 0.05) is 6.08 Å². The van der Waals surface area contributed by atoms with E-state index in [1.54, 1.807) is 0 Å². The molecule has 0 spiro atoms. The van der Waals surface area contributed by atoms with Gasteiger partial charge in [-0.15, -0.1) is 0 Å². The topological polar surface area (TPSA) is 63.6 Å². The SMILES string of the molecule is COC(=O)/C(Cl)=C\C(=O)O. The van der Waals surface area contributed by atoms with Gasteiger partial charge in [-0.1, -0.05) is 11.6 Å². The lowest BCUT2D eigenvalue weighted by atomic mass is 10.5. The van der Waals surface area contributed by atoms with Crippen molar-refractivity contribution < 1.29 is 19.4 Å². The maximum absolute atomic E-state index is 10.4. The second-order valence-corrected chi connectivity index (χ2v) is 1.73. The largest absolute Gasteiger partial charge is 0.478 e. The Labute approximate surface area is 62.0 Å². The number of hydrogen-bond acceptors (Lipinski definition) is 3. The summed E-state index contributed by atoms with van der Waals surface area (Å²) in [6.07, 6.45) is 0.563. The molecule has 0 heterocycles. The summed E-state index contributed by atoms with van der Waals surface area (Å²) >= 11 is 5.13. The quantitative estimate of drug-likeness (QED) is 0.473. The fraction of sp³-hybridized carbons (Fsp3) is 0.200. The maximum atomic E-state index is 10.4. The molecule has 0 fully saturated rings. The molecule has 5 heteroatoms. The third-order valence-corrected chi connectivity index (χ3v) is 0.894. The Hall–Kier alpha value is -1.03. The van der Waals surface area contributed by atoms with Gasteiger partial charge >= 0.3 is 11.9 Å². The van der Waals surface area contributed by atoms with Gasteiger partial charge < -0.3 is 9.84 Å². The van der Waals surface area contributed by atoms with Crippen molar-refractivity contribution in [1.29, 1.82) is 0 Å². The van der Waals surface area contributed by atoms with Gasteiger partial charge in [-0.2, -0.15) is 0 Å². The molecule has 0 aliphatic heterocycles. The number of methoxy groups -OCH3 is 1. The van der Waals surface area contributed by atoms with Crippen LogP contribution in [0.15, 0.2) is 11.1 Å². The average molecular weight is 165 g/mol. The van der Waals surface area contributed by atoms with Crippen molar-refractivity contribution in [3.05, 3.63) is 11.1 Å². The Morgan fingerprint density at radius 3 is 2.40 bits per heavy atom. The molecule has 0 saturated carbocycles. The molecule has 10 heavy (non-hydrogen) atoms. The van der Waals surface area contributed by atoms with E-state index in [0.717, 1.165) is 7.11 Å². The zero-order valence-corrected chi connectivity index (χ0v) is 5.88. The molecular weight excluding hydrogens is 160 g/mol. The van der Waals surface area contributed by atoms with Crippen LogP contribution in [0.4, 0.5) is 0 Å². The smallest absolute Gasteiger partial charge is 0.349 e. The number of hydrogen-bond donors (Lipinski definition) is 1. The first kappa shape index (κ1) is 8.97. The molecule has 0 radical (unpaired) electrons. The first-order valence-corrected chi connectivity index (χ1v) is 2.64. The third-order valence-electron chi connectivity index (χ3n) is 0.631. The number of halogens is 1. The second-order valence-electron chi connectivity index (χ2n) is 1.32. The van der Waals surface area contributed by atoms with Crippen LogP contribution < -0.4 is 0 Å². The molecule has 0 aromatic heterocycles. The van der Waals surface area contributed by atoms with Crippen molar-refractivity contribution >= 4 is 23.5 Å².